The summed E-state index contributed by atoms with van der Waals surface area (Å²) < 4.78 is 5.92. The van der Waals surface area contributed by atoms with E-state index >= 15 is 0 Å². The molecular formula is C22H18ClNO4. The van der Waals surface area contributed by atoms with Crippen molar-refractivity contribution in [2.45, 2.75) is 6.10 Å². The Morgan fingerprint density at radius 2 is 1.50 bits per heavy atom. The molecule has 0 aliphatic rings. The van der Waals surface area contributed by atoms with Gasteiger partial charge in [-0.15, -0.1) is 0 Å². The lowest BCUT2D eigenvalue weighted by molar-refractivity contribution is 0.0581. The lowest BCUT2D eigenvalue weighted by Crippen LogP contribution is -2.18. The van der Waals surface area contributed by atoms with Gasteiger partial charge in [0.15, 0.2) is 5.78 Å². The summed E-state index contributed by atoms with van der Waals surface area (Å²) in [6.07, 6.45) is -0.479. The van der Waals surface area contributed by atoms with Gasteiger partial charge in [-0.1, -0.05) is 72.3 Å². The lowest BCUT2D eigenvalue weighted by Gasteiger charge is -2.19. The minimum absolute atomic E-state index is 0.00877. The van der Waals surface area contributed by atoms with Gasteiger partial charge in [-0.3, -0.25) is 4.79 Å². The standard InChI is InChI=1S/C22H18ClNO4/c23-16-11-17(22(26)27)20(18(24)12-16)19(25)13-28-21(14-7-3-1-4-8-14)15-9-5-2-6-10-15/h1-12,21H,13,24H2,(H,26,27). The number of aromatic carboxylic acids is 1. The Kier molecular flexibility index (Phi) is 6.09. The van der Waals surface area contributed by atoms with E-state index in [0.29, 0.717) is 0 Å². The van der Waals surface area contributed by atoms with Crippen LogP contribution in [0.5, 0.6) is 0 Å². The van der Waals surface area contributed by atoms with Gasteiger partial charge in [0, 0.05) is 10.7 Å². The molecule has 3 rings (SSSR count). The molecule has 3 N–H and O–H groups in total. The highest BCUT2D eigenvalue weighted by Crippen LogP contribution is 2.28. The van der Waals surface area contributed by atoms with Gasteiger partial charge in [0.1, 0.15) is 12.7 Å². The van der Waals surface area contributed by atoms with Gasteiger partial charge in [0.25, 0.3) is 0 Å². The van der Waals surface area contributed by atoms with Crippen molar-refractivity contribution in [3.05, 3.63) is 100 Å². The molecule has 0 atom stereocenters. The second kappa shape index (κ2) is 8.69. The van der Waals surface area contributed by atoms with E-state index in [4.69, 9.17) is 22.1 Å². The van der Waals surface area contributed by atoms with Crippen LogP contribution in [0.3, 0.4) is 0 Å². The number of carbonyl (C=O) groups is 2. The highest BCUT2D eigenvalue weighted by atomic mass is 35.5. The maximum atomic E-state index is 12.8. The Labute approximate surface area is 167 Å². The zero-order valence-electron chi connectivity index (χ0n) is 14.8. The van der Waals surface area contributed by atoms with Crippen LogP contribution in [0.25, 0.3) is 0 Å². The zero-order chi connectivity index (χ0) is 20.1. The van der Waals surface area contributed by atoms with Gasteiger partial charge >= 0.3 is 5.97 Å². The van der Waals surface area contributed by atoms with Gasteiger partial charge in [0.05, 0.1) is 11.1 Å². The Hall–Kier alpha value is -3.15. The molecule has 0 aliphatic carbocycles. The summed E-state index contributed by atoms with van der Waals surface area (Å²) in [6.45, 7) is -0.333. The smallest absolute Gasteiger partial charge is 0.336 e. The van der Waals surface area contributed by atoms with Crippen molar-refractivity contribution in [3.8, 4) is 0 Å². The van der Waals surface area contributed by atoms with Crippen molar-refractivity contribution in [2.24, 2.45) is 0 Å². The topological polar surface area (TPSA) is 89.6 Å². The van der Waals surface area contributed by atoms with Gasteiger partial charge in [-0.05, 0) is 23.3 Å². The van der Waals surface area contributed by atoms with Crippen LogP contribution in [-0.2, 0) is 4.74 Å². The molecule has 0 saturated carbocycles. The number of nitrogens with two attached hydrogens (primary N) is 1. The van der Waals surface area contributed by atoms with Crippen molar-refractivity contribution in [1.82, 2.24) is 0 Å². The highest BCUT2D eigenvalue weighted by Gasteiger charge is 2.23. The summed E-state index contributed by atoms with van der Waals surface area (Å²) in [5.41, 5.74) is 7.29. The summed E-state index contributed by atoms with van der Waals surface area (Å²) in [4.78, 5) is 24.3. The van der Waals surface area contributed by atoms with Crippen LogP contribution >= 0.6 is 11.6 Å². The Bertz CT molecular complexity index is 951. The largest absolute Gasteiger partial charge is 0.478 e. The van der Waals surface area contributed by atoms with E-state index in [1.165, 1.54) is 12.1 Å². The van der Waals surface area contributed by atoms with E-state index in [9.17, 15) is 14.7 Å². The number of ketones is 1. The number of hydrogen-bond acceptors (Lipinski definition) is 4. The van der Waals surface area contributed by atoms with Crippen molar-refractivity contribution < 1.29 is 19.4 Å². The third kappa shape index (κ3) is 4.39. The lowest BCUT2D eigenvalue weighted by atomic mass is 10.00. The minimum Gasteiger partial charge on any atom is -0.478 e. The van der Waals surface area contributed by atoms with E-state index in [2.05, 4.69) is 0 Å². The molecule has 0 aromatic heterocycles. The molecule has 0 unspecified atom stereocenters. The summed E-state index contributed by atoms with van der Waals surface area (Å²) in [5, 5.41) is 9.54. The van der Waals surface area contributed by atoms with Gasteiger partial charge in [0.2, 0.25) is 0 Å². The Balaban J connectivity index is 1.89. The quantitative estimate of drug-likeness (QED) is 0.450. The first-order valence-electron chi connectivity index (χ1n) is 8.54. The fraction of sp³-hybridized carbons (Fsp3) is 0.0909. The molecule has 0 spiro atoms. The van der Waals surface area contributed by atoms with Crippen molar-refractivity contribution in [1.29, 1.82) is 0 Å². The molecule has 3 aromatic carbocycles. The van der Waals surface area contributed by atoms with Crippen LogP contribution in [0.4, 0.5) is 5.69 Å². The molecule has 5 nitrogen and oxygen atoms in total. The molecule has 28 heavy (non-hydrogen) atoms. The molecule has 0 bridgehead atoms. The first kappa shape index (κ1) is 19.6. The average molecular weight is 396 g/mol. The molecule has 0 radical (unpaired) electrons. The molecule has 0 heterocycles. The summed E-state index contributed by atoms with van der Waals surface area (Å²) in [7, 11) is 0. The third-order valence-corrected chi connectivity index (χ3v) is 4.45. The molecule has 0 aliphatic heterocycles. The number of halogens is 1. The number of hydrogen-bond donors (Lipinski definition) is 2. The van der Waals surface area contributed by atoms with E-state index < -0.39 is 17.9 Å². The van der Waals surface area contributed by atoms with Gasteiger partial charge < -0.3 is 15.6 Å². The number of anilines is 1. The molecular weight excluding hydrogens is 378 g/mol. The maximum Gasteiger partial charge on any atom is 0.336 e. The fourth-order valence-corrected chi connectivity index (χ4v) is 3.21. The highest BCUT2D eigenvalue weighted by molar-refractivity contribution is 6.31. The van der Waals surface area contributed by atoms with E-state index in [1.807, 2.05) is 60.7 Å². The normalized spacial score (nSPS) is 10.8. The number of carboxylic acids is 1. The monoisotopic (exact) mass is 395 g/mol. The van der Waals surface area contributed by atoms with Crippen LogP contribution in [0, 0.1) is 0 Å². The second-order valence-electron chi connectivity index (χ2n) is 6.16. The number of rotatable bonds is 7. The first-order chi connectivity index (χ1) is 13.5. The number of nitrogen functional groups attached to an aromatic ring is 1. The minimum atomic E-state index is -1.28. The van der Waals surface area contributed by atoms with Crippen LogP contribution < -0.4 is 5.73 Å². The number of carbonyl (C=O) groups excluding carboxylic acids is 1. The summed E-state index contributed by atoms with van der Waals surface area (Å²) in [6, 6.07) is 21.5. The van der Waals surface area contributed by atoms with Crippen LogP contribution in [-0.4, -0.2) is 23.5 Å². The molecule has 0 saturated heterocycles. The average Bonchev–Trinajstić information content (AvgIpc) is 2.69. The number of ether oxygens (including phenoxy) is 1. The predicted octanol–water partition coefficient (Wildman–Crippen LogP) is 4.61. The Morgan fingerprint density at radius 3 is 2.00 bits per heavy atom. The van der Waals surface area contributed by atoms with Crippen molar-refractivity contribution in [3.63, 3.8) is 0 Å². The molecule has 0 amide bonds. The van der Waals surface area contributed by atoms with Gasteiger partial charge in [-0.25, -0.2) is 4.79 Å². The molecule has 142 valence electrons. The zero-order valence-corrected chi connectivity index (χ0v) is 15.6. The van der Waals surface area contributed by atoms with E-state index in [0.717, 1.165) is 11.1 Å². The van der Waals surface area contributed by atoms with Crippen molar-refractivity contribution >= 4 is 29.0 Å². The second-order valence-corrected chi connectivity index (χ2v) is 6.59. The van der Waals surface area contributed by atoms with Crippen LogP contribution in [0.15, 0.2) is 72.8 Å². The molecule has 6 heteroatoms. The Morgan fingerprint density at radius 1 is 0.964 bits per heavy atom. The first-order valence-corrected chi connectivity index (χ1v) is 8.92. The predicted molar refractivity (Wildman–Crippen MR) is 108 cm³/mol. The summed E-state index contributed by atoms with van der Waals surface area (Å²) >= 11 is 5.87. The number of carboxylic acid groups (broad SMARTS) is 1. The van der Waals surface area contributed by atoms with Crippen LogP contribution in [0.1, 0.15) is 37.9 Å². The van der Waals surface area contributed by atoms with Gasteiger partial charge in [-0.2, -0.15) is 0 Å². The third-order valence-electron chi connectivity index (χ3n) is 4.23. The van der Waals surface area contributed by atoms with E-state index in [-0.39, 0.29) is 28.4 Å². The van der Waals surface area contributed by atoms with Crippen molar-refractivity contribution in [2.75, 3.05) is 12.3 Å². The SMILES string of the molecule is Nc1cc(Cl)cc(C(=O)O)c1C(=O)COC(c1ccccc1)c1ccccc1. The number of benzene rings is 3. The summed E-state index contributed by atoms with van der Waals surface area (Å²) in [5.74, 6) is -1.80. The van der Waals surface area contributed by atoms with E-state index in [1.54, 1.807) is 0 Å². The molecule has 0 fully saturated rings. The molecule has 3 aromatic rings. The fourth-order valence-electron chi connectivity index (χ4n) is 2.98. The number of Topliss-reactive ketones (excluding diaryl/α,β-unsaturated/α-hetero) is 1. The maximum absolute atomic E-state index is 12.8. The van der Waals surface area contributed by atoms with Crippen LogP contribution in [0.2, 0.25) is 5.02 Å².